The Bertz CT molecular complexity index is 368. The molecule has 0 aliphatic carbocycles. The molecule has 0 saturated carbocycles. The quantitative estimate of drug-likeness (QED) is 0.901. The van der Waals surface area contributed by atoms with Crippen molar-refractivity contribution in [3.05, 3.63) is 17.3 Å². The molecule has 0 aromatic carbocycles. The van der Waals surface area contributed by atoms with E-state index in [9.17, 15) is 13.2 Å². The summed E-state index contributed by atoms with van der Waals surface area (Å²) >= 11 is 5.78. The van der Waals surface area contributed by atoms with Gasteiger partial charge < -0.3 is 10.6 Å². The second-order valence-electron chi connectivity index (χ2n) is 3.20. The van der Waals surface area contributed by atoms with Gasteiger partial charge in [-0.2, -0.15) is 13.2 Å². The predicted molar refractivity (Wildman–Crippen MR) is 57.6 cm³/mol. The summed E-state index contributed by atoms with van der Waals surface area (Å²) in [4.78, 5) is 4.85. The lowest BCUT2D eigenvalue weighted by Crippen LogP contribution is -2.34. The van der Waals surface area contributed by atoms with Crippen LogP contribution in [0.25, 0.3) is 0 Å². The van der Waals surface area contributed by atoms with Crippen LogP contribution in [0.5, 0.6) is 0 Å². The molecular weight excluding hydrogens is 243 g/mol. The van der Waals surface area contributed by atoms with Crippen molar-refractivity contribution in [3.63, 3.8) is 0 Å². The molecule has 0 atom stereocenters. The standard InChI is InChI=1S/C9H11ClF3N3/c1-2-16(5-9(11,12)13)8-7(10)3-6(14)4-15-8/h3-4H,2,5,14H2,1H3. The zero-order valence-electron chi connectivity index (χ0n) is 8.55. The third kappa shape index (κ3) is 3.44. The van der Waals surface area contributed by atoms with E-state index in [-0.39, 0.29) is 17.4 Å². The number of alkyl halides is 3. The Morgan fingerprint density at radius 3 is 2.56 bits per heavy atom. The topological polar surface area (TPSA) is 42.2 Å². The van der Waals surface area contributed by atoms with E-state index in [0.29, 0.717) is 5.69 Å². The van der Waals surface area contributed by atoms with E-state index < -0.39 is 12.7 Å². The van der Waals surface area contributed by atoms with Crippen molar-refractivity contribution < 1.29 is 13.2 Å². The number of rotatable bonds is 3. The number of hydrogen-bond acceptors (Lipinski definition) is 3. The van der Waals surface area contributed by atoms with E-state index in [2.05, 4.69) is 4.98 Å². The van der Waals surface area contributed by atoms with E-state index in [4.69, 9.17) is 17.3 Å². The maximum absolute atomic E-state index is 12.3. The lowest BCUT2D eigenvalue weighted by Gasteiger charge is -2.24. The third-order valence-electron chi connectivity index (χ3n) is 1.89. The summed E-state index contributed by atoms with van der Waals surface area (Å²) < 4.78 is 36.8. The van der Waals surface area contributed by atoms with Gasteiger partial charge in [-0.25, -0.2) is 4.98 Å². The van der Waals surface area contributed by atoms with Gasteiger partial charge in [0.25, 0.3) is 0 Å². The van der Waals surface area contributed by atoms with Gasteiger partial charge >= 0.3 is 6.18 Å². The molecule has 0 radical (unpaired) electrons. The Morgan fingerprint density at radius 1 is 1.50 bits per heavy atom. The molecule has 0 bridgehead atoms. The highest BCUT2D eigenvalue weighted by Gasteiger charge is 2.31. The average Bonchev–Trinajstić information content (AvgIpc) is 2.13. The highest BCUT2D eigenvalue weighted by atomic mass is 35.5. The Labute approximate surface area is 96.0 Å². The molecule has 0 spiro atoms. The first kappa shape index (κ1) is 12.9. The van der Waals surface area contributed by atoms with Crippen LogP contribution < -0.4 is 10.6 Å². The number of nitrogen functional groups attached to an aromatic ring is 1. The van der Waals surface area contributed by atoms with Crippen LogP contribution in [0.1, 0.15) is 6.92 Å². The van der Waals surface area contributed by atoms with Gasteiger partial charge in [-0.1, -0.05) is 11.6 Å². The molecule has 16 heavy (non-hydrogen) atoms. The van der Waals surface area contributed by atoms with E-state index in [1.807, 2.05) is 0 Å². The van der Waals surface area contributed by atoms with Gasteiger partial charge in [0, 0.05) is 6.54 Å². The summed E-state index contributed by atoms with van der Waals surface area (Å²) in [6.45, 7) is 0.677. The first-order valence-electron chi connectivity index (χ1n) is 4.56. The van der Waals surface area contributed by atoms with E-state index >= 15 is 0 Å². The molecule has 1 heterocycles. The maximum Gasteiger partial charge on any atom is 0.405 e. The fourth-order valence-corrected chi connectivity index (χ4v) is 1.53. The predicted octanol–water partition coefficient (Wildman–Crippen LogP) is 2.71. The highest BCUT2D eigenvalue weighted by molar-refractivity contribution is 6.33. The monoisotopic (exact) mass is 253 g/mol. The largest absolute Gasteiger partial charge is 0.405 e. The van der Waals surface area contributed by atoms with E-state index in [1.54, 1.807) is 6.92 Å². The number of aromatic nitrogens is 1. The number of hydrogen-bond donors (Lipinski definition) is 1. The molecule has 0 unspecified atom stereocenters. The number of nitrogens with zero attached hydrogens (tertiary/aromatic N) is 2. The van der Waals surface area contributed by atoms with E-state index in [0.717, 1.165) is 4.90 Å². The van der Waals surface area contributed by atoms with Gasteiger partial charge in [-0.3, -0.25) is 0 Å². The Balaban J connectivity index is 2.95. The molecule has 0 amide bonds. The SMILES string of the molecule is CCN(CC(F)(F)F)c1ncc(N)cc1Cl. The van der Waals surface area contributed by atoms with E-state index in [1.165, 1.54) is 12.3 Å². The molecule has 0 aliphatic rings. The molecule has 90 valence electrons. The van der Waals surface area contributed by atoms with Gasteiger partial charge in [-0.15, -0.1) is 0 Å². The lowest BCUT2D eigenvalue weighted by molar-refractivity contribution is -0.119. The average molecular weight is 254 g/mol. The summed E-state index contributed by atoms with van der Waals surface area (Å²) in [7, 11) is 0. The van der Waals surface area contributed by atoms with Crippen molar-refractivity contribution in [1.82, 2.24) is 4.98 Å². The van der Waals surface area contributed by atoms with Crippen molar-refractivity contribution in [1.29, 1.82) is 0 Å². The van der Waals surface area contributed by atoms with Gasteiger partial charge in [0.1, 0.15) is 12.4 Å². The molecule has 2 N–H and O–H groups in total. The highest BCUT2D eigenvalue weighted by Crippen LogP contribution is 2.27. The number of anilines is 2. The molecule has 3 nitrogen and oxygen atoms in total. The fourth-order valence-electron chi connectivity index (χ4n) is 1.23. The van der Waals surface area contributed by atoms with Crippen LogP contribution in [0.15, 0.2) is 12.3 Å². The summed E-state index contributed by atoms with van der Waals surface area (Å²) in [5.74, 6) is 0.0932. The smallest absolute Gasteiger partial charge is 0.397 e. The minimum atomic E-state index is -4.29. The van der Waals surface area contributed by atoms with Gasteiger partial charge in [0.15, 0.2) is 0 Å². The molecule has 1 aromatic heterocycles. The second-order valence-corrected chi connectivity index (χ2v) is 3.61. The van der Waals surface area contributed by atoms with Gasteiger partial charge in [-0.05, 0) is 13.0 Å². The fraction of sp³-hybridized carbons (Fsp3) is 0.444. The van der Waals surface area contributed by atoms with Crippen molar-refractivity contribution in [2.75, 3.05) is 23.7 Å². The summed E-state index contributed by atoms with van der Waals surface area (Å²) in [5, 5.41) is 0.117. The summed E-state index contributed by atoms with van der Waals surface area (Å²) in [6.07, 6.45) is -3.01. The molecular formula is C9H11ClF3N3. The van der Waals surface area contributed by atoms with Gasteiger partial charge in [0.2, 0.25) is 0 Å². The van der Waals surface area contributed by atoms with Crippen LogP contribution in [0.3, 0.4) is 0 Å². The molecule has 1 rings (SSSR count). The molecule has 0 saturated heterocycles. The van der Waals surface area contributed by atoms with Crippen LogP contribution in [0.2, 0.25) is 5.02 Å². The Hall–Kier alpha value is -1.17. The van der Waals surface area contributed by atoms with Crippen LogP contribution in [0.4, 0.5) is 24.7 Å². The van der Waals surface area contributed by atoms with Crippen molar-refractivity contribution in [3.8, 4) is 0 Å². The molecule has 7 heteroatoms. The van der Waals surface area contributed by atoms with Crippen molar-refractivity contribution >= 4 is 23.1 Å². The van der Waals surface area contributed by atoms with Gasteiger partial charge in [0.05, 0.1) is 16.9 Å². The molecule has 0 fully saturated rings. The van der Waals surface area contributed by atoms with Crippen LogP contribution in [-0.2, 0) is 0 Å². The maximum atomic E-state index is 12.3. The number of halogens is 4. The normalized spacial score (nSPS) is 11.6. The summed E-state index contributed by atoms with van der Waals surface area (Å²) in [5.41, 5.74) is 5.73. The van der Waals surface area contributed by atoms with Crippen LogP contribution >= 0.6 is 11.6 Å². The Morgan fingerprint density at radius 2 is 2.12 bits per heavy atom. The first-order chi connectivity index (χ1) is 7.33. The number of nitrogens with two attached hydrogens (primary N) is 1. The van der Waals surface area contributed by atoms with Crippen LogP contribution in [0, 0.1) is 0 Å². The number of pyridine rings is 1. The third-order valence-corrected chi connectivity index (χ3v) is 2.17. The minimum absolute atomic E-state index is 0.0932. The minimum Gasteiger partial charge on any atom is -0.397 e. The zero-order chi connectivity index (χ0) is 12.3. The molecule has 1 aromatic rings. The van der Waals surface area contributed by atoms with Crippen molar-refractivity contribution in [2.45, 2.75) is 13.1 Å². The molecule has 0 aliphatic heterocycles. The zero-order valence-corrected chi connectivity index (χ0v) is 9.31. The lowest BCUT2D eigenvalue weighted by atomic mass is 10.3. The van der Waals surface area contributed by atoms with Crippen molar-refractivity contribution in [2.24, 2.45) is 0 Å². The second kappa shape index (κ2) is 4.78. The summed E-state index contributed by atoms with van der Waals surface area (Å²) in [6, 6.07) is 1.38. The Kier molecular flexibility index (Phi) is 3.85. The first-order valence-corrected chi connectivity index (χ1v) is 4.94. The van der Waals surface area contributed by atoms with Crippen LogP contribution in [-0.4, -0.2) is 24.2 Å².